The van der Waals surface area contributed by atoms with Crippen molar-refractivity contribution in [3.05, 3.63) is 44.8 Å². The highest BCUT2D eigenvalue weighted by molar-refractivity contribution is 9.11. The topological polar surface area (TPSA) is 25.8 Å². The van der Waals surface area contributed by atoms with Crippen LogP contribution in [0.1, 0.15) is 23.4 Å². The van der Waals surface area contributed by atoms with Gasteiger partial charge in [-0.3, -0.25) is 0 Å². The molecule has 0 spiro atoms. The van der Waals surface area contributed by atoms with E-state index in [1.165, 1.54) is 5.56 Å². The Morgan fingerprint density at radius 2 is 1.93 bits per heavy atom. The zero-order chi connectivity index (χ0) is 9.97. The van der Waals surface area contributed by atoms with Gasteiger partial charge in [-0.15, -0.1) is 10.2 Å². The molecule has 0 radical (unpaired) electrons. The first kappa shape index (κ1) is 9.80. The van der Waals surface area contributed by atoms with Gasteiger partial charge in [-0.2, -0.15) is 0 Å². The van der Waals surface area contributed by atoms with Gasteiger partial charge in [0.1, 0.15) is 5.01 Å². The van der Waals surface area contributed by atoms with Crippen molar-refractivity contribution in [2.75, 3.05) is 0 Å². The molecule has 1 heterocycles. The molecule has 0 saturated carbocycles. The lowest BCUT2D eigenvalue weighted by atomic mass is 10.0. The van der Waals surface area contributed by atoms with Crippen molar-refractivity contribution >= 4 is 27.3 Å². The highest BCUT2D eigenvalue weighted by Crippen LogP contribution is 2.28. The van der Waals surface area contributed by atoms with Crippen LogP contribution in [0.3, 0.4) is 0 Å². The number of hydrogen-bond donors (Lipinski definition) is 0. The molecule has 0 saturated heterocycles. The second-order valence-electron chi connectivity index (χ2n) is 3.03. The molecule has 1 aromatic carbocycles. The molecule has 0 bridgehead atoms. The standard InChI is InChI=1S/C10H9BrN2S/c1-7(8-5-3-2-4-6-8)9-12-13-10(11)14-9/h2-7H,1H3. The van der Waals surface area contributed by atoms with Crippen LogP contribution in [0.25, 0.3) is 0 Å². The number of hydrogen-bond acceptors (Lipinski definition) is 3. The minimum absolute atomic E-state index is 0.319. The van der Waals surface area contributed by atoms with Crippen LogP contribution in [0.5, 0.6) is 0 Å². The van der Waals surface area contributed by atoms with E-state index in [9.17, 15) is 0 Å². The largest absolute Gasteiger partial charge is 0.183 e. The second kappa shape index (κ2) is 4.19. The van der Waals surface area contributed by atoms with E-state index in [0.29, 0.717) is 5.92 Å². The highest BCUT2D eigenvalue weighted by atomic mass is 79.9. The van der Waals surface area contributed by atoms with Crippen LogP contribution >= 0.6 is 27.3 Å². The molecule has 2 rings (SSSR count). The zero-order valence-corrected chi connectivity index (χ0v) is 10.0. The first-order valence-electron chi connectivity index (χ1n) is 4.31. The molecule has 2 aromatic rings. The van der Waals surface area contributed by atoms with Crippen molar-refractivity contribution in [1.82, 2.24) is 10.2 Å². The van der Waals surface area contributed by atoms with E-state index in [1.54, 1.807) is 11.3 Å². The van der Waals surface area contributed by atoms with Crippen molar-refractivity contribution in [1.29, 1.82) is 0 Å². The Morgan fingerprint density at radius 3 is 2.50 bits per heavy atom. The van der Waals surface area contributed by atoms with Crippen LogP contribution in [-0.4, -0.2) is 10.2 Å². The van der Waals surface area contributed by atoms with Gasteiger partial charge in [0.2, 0.25) is 0 Å². The summed E-state index contributed by atoms with van der Waals surface area (Å²) in [6, 6.07) is 10.3. The number of nitrogens with zero attached hydrogens (tertiary/aromatic N) is 2. The van der Waals surface area contributed by atoms with Crippen molar-refractivity contribution in [3.8, 4) is 0 Å². The van der Waals surface area contributed by atoms with Crippen LogP contribution < -0.4 is 0 Å². The molecule has 0 aliphatic rings. The SMILES string of the molecule is CC(c1ccccc1)c1nnc(Br)s1. The average molecular weight is 269 g/mol. The lowest BCUT2D eigenvalue weighted by Gasteiger charge is -2.06. The van der Waals surface area contributed by atoms with Gasteiger partial charge >= 0.3 is 0 Å². The lowest BCUT2D eigenvalue weighted by molar-refractivity contribution is 0.865. The Bertz CT molecular complexity index is 413. The predicted octanol–water partition coefficient (Wildman–Crippen LogP) is 3.45. The monoisotopic (exact) mass is 268 g/mol. The number of benzene rings is 1. The zero-order valence-electron chi connectivity index (χ0n) is 7.64. The van der Waals surface area contributed by atoms with E-state index in [4.69, 9.17) is 0 Å². The maximum Gasteiger partial charge on any atom is 0.183 e. The van der Waals surface area contributed by atoms with E-state index in [0.717, 1.165) is 8.92 Å². The van der Waals surface area contributed by atoms with E-state index < -0.39 is 0 Å². The Labute approximate surface area is 95.1 Å². The first-order valence-corrected chi connectivity index (χ1v) is 5.92. The lowest BCUT2D eigenvalue weighted by Crippen LogP contribution is -1.94. The number of aromatic nitrogens is 2. The number of rotatable bonds is 2. The molecule has 14 heavy (non-hydrogen) atoms. The molecular weight excluding hydrogens is 260 g/mol. The Kier molecular flexibility index (Phi) is 2.93. The molecule has 0 amide bonds. The highest BCUT2D eigenvalue weighted by Gasteiger charge is 2.12. The Hall–Kier alpha value is -0.740. The molecule has 0 fully saturated rings. The smallest absolute Gasteiger partial charge is 0.142 e. The second-order valence-corrected chi connectivity index (χ2v) is 5.31. The quantitative estimate of drug-likeness (QED) is 0.834. The molecule has 1 atom stereocenters. The third-order valence-electron chi connectivity index (χ3n) is 2.09. The summed E-state index contributed by atoms with van der Waals surface area (Å²) < 4.78 is 0.843. The Morgan fingerprint density at radius 1 is 1.21 bits per heavy atom. The van der Waals surface area contributed by atoms with Gasteiger partial charge in [0.05, 0.1) is 0 Å². The maximum atomic E-state index is 4.11. The summed E-state index contributed by atoms with van der Waals surface area (Å²) in [4.78, 5) is 0. The molecule has 0 N–H and O–H groups in total. The van der Waals surface area contributed by atoms with Gasteiger partial charge in [-0.1, -0.05) is 48.6 Å². The summed E-state index contributed by atoms with van der Waals surface area (Å²) in [5.41, 5.74) is 1.27. The summed E-state index contributed by atoms with van der Waals surface area (Å²) in [5.74, 6) is 0.319. The summed E-state index contributed by atoms with van der Waals surface area (Å²) in [5, 5.41) is 9.11. The molecular formula is C10H9BrN2S. The van der Waals surface area contributed by atoms with Crippen LogP contribution in [0.4, 0.5) is 0 Å². The number of halogens is 1. The van der Waals surface area contributed by atoms with Crippen molar-refractivity contribution < 1.29 is 0 Å². The average Bonchev–Trinajstić information content (AvgIpc) is 2.65. The minimum Gasteiger partial charge on any atom is -0.142 e. The van der Waals surface area contributed by atoms with Crippen molar-refractivity contribution in [2.24, 2.45) is 0 Å². The maximum absolute atomic E-state index is 4.11. The fourth-order valence-electron chi connectivity index (χ4n) is 1.27. The third kappa shape index (κ3) is 2.01. The molecule has 0 aliphatic heterocycles. The molecule has 2 nitrogen and oxygen atoms in total. The van der Waals surface area contributed by atoms with E-state index in [-0.39, 0.29) is 0 Å². The summed E-state index contributed by atoms with van der Waals surface area (Å²) in [7, 11) is 0. The predicted molar refractivity (Wildman–Crippen MR) is 61.6 cm³/mol. The van der Waals surface area contributed by atoms with Gasteiger partial charge in [0, 0.05) is 5.92 Å². The van der Waals surface area contributed by atoms with Gasteiger partial charge < -0.3 is 0 Å². The molecule has 72 valence electrons. The van der Waals surface area contributed by atoms with E-state index >= 15 is 0 Å². The van der Waals surface area contributed by atoms with Crippen molar-refractivity contribution in [2.45, 2.75) is 12.8 Å². The molecule has 4 heteroatoms. The van der Waals surface area contributed by atoms with Crippen molar-refractivity contribution in [3.63, 3.8) is 0 Å². The van der Waals surface area contributed by atoms with Crippen LogP contribution in [0, 0.1) is 0 Å². The fraction of sp³-hybridized carbons (Fsp3) is 0.200. The normalized spacial score (nSPS) is 12.7. The molecule has 1 aromatic heterocycles. The molecule has 1 unspecified atom stereocenters. The van der Waals surface area contributed by atoms with Crippen LogP contribution in [-0.2, 0) is 0 Å². The van der Waals surface area contributed by atoms with Crippen LogP contribution in [0.2, 0.25) is 0 Å². The van der Waals surface area contributed by atoms with E-state index in [2.05, 4.69) is 45.2 Å². The molecule has 0 aliphatic carbocycles. The summed E-state index contributed by atoms with van der Waals surface area (Å²) in [6.45, 7) is 2.14. The minimum atomic E-state index is 0.319. The fourth-order valence-corrected chi connectivity index (χ4v) is 2.50. The summed E-state index contributed by atoms with van der Waals surface area (Å²) in [6.07, 6.45) is 0. The summed E-state index contributed by atoms with van der Waals surface area (Å²) >= 11 is 4.90. The van der Waals surface area contributed by atoms with E-state index in [1.807, 2.05) is 18.2 Å². The third-order valence-corrected chi connectivity index (χ3v) is 3.62. The van der Waals surface area contributed by atoms with Gasteiger partial charge in [-0.05, 0) is 21.5 Å². The first-order chi connectivity index (χ1) is 6.77. The van der Waals surface area contributed by atoms with Gasteiger partial charge in [0.25, 0.3) is 0 Å². The Balaban J connectivity index is 2.29. The van der Waals surface area contributed by atoms with Crippen LogP contribution in [0.15, 0.2) is 34.2 Å². The van der Waals surface area contributed by atoms with Gasteiger partial charge in [0.15, 0.2) is 3.92 Å². The van der Waals surface area contributed by atoms with Gasteiger partial charge in [-0.25, -0.2) is 0 Å².